The maximum atomic E-state index is 12.5. The summed E-state index contributed by atoms with van der Waals surface area (Å²) in [5.74, 6) is -1.18. The quantitative estimate of drug-likeness (QED) is 0.505. The molecule has 1 heterocycles. The predicted octanol–water partition coefficient (Wildman–Crippen LogP) is 3.52. The average molecular weight is 495 g/mol. The molecule has 7 nitrogen and oxygen atoms in total. The van der Waals surface area contributed by atoms with E-state index in [1.165, 1.54) is 33.3 Å². The van der Waals surface area contributed by atoms with E-state index in [0.29, 0.717) is 26.3 Å². The highest BCUT2D eigenvalue weighted by molar-refractivity contribution is 9.13. The number of phenols is 1. The molecule has 2 rings (SSSR count). The van der Waals surface area contributed by atoms with Crippen molar-refractivity contribution in [1.82, 2.24) is 4.90 Å². The fourth-order valence-electron chi connectivity index (χ4n) is 2.10. The van der Waals surface area contributed by atoms with Gasteiger partial charge in [0.05, 0.1) is 23.6 Å². The van der Waals surface area contributed by atoms with Crippen LogP contribution in [0.5, 0.6) is 11.5 Å². The van der Waals surface area contributed by atoms with Crippen LogP contribution in [0.1, 0.15) is 12.5 Å². The van der Waals surface area contributed by atoms with E-state index in [2.05, 4.69) is 36.6 Å². The van der Waals surface area contributed by atoms with Crippen LogP contribution in [0.25, 0.3) is 6.08 Å². The van der Waals surface area contributed by atoms with Gasteiger partial charge >= 0.3 is 5.97 Å². The third kappa shape index (κ3) is 3.70. The number of imide groups is 1. The molecule has 1 aliphatic rings. The van der Waals surface area contributed by atoms with Gasteiger partial charge in [-0.25, -0.2) is 4.79 Å². The van der Waals surface area contributed by atoms with Crippen molar-refractivity contribution in [2.75, 3.05) is 14.2 Å². The summed E-state index contributed by atoms with van der Waals surface area (Å²) in [6.45, 7) is 1.42. The lowest BCUT2D eigenvalue weighted by atomic mass is 10.1. The Morgan fingerprint density at radius 3 is 2.52 bits per heavy atom. The Morgan fingerprint density at radius 2 is 1.96 bits per heavy atom. The second kappa shape index (κ2) is 7.79. The number of benzene rings is 1. The van der Waals surface area contributed by atoms with Crippen molar-refractivity contribution in [3.05, 3.63) is 25.5 Å². The maximum Gasteiger partial charge on any atom is 0.328 e. The Labute approximate surface area is 164 Å². The van der Waals surface area contributed by atoms with E-state index in [0.717, 1.165) is 4.90 Å². The molecular weight excluding hydrogens is 482 g/mol. The largest absolute Gasteiger partial charge is 0.503 e. The summed E-state index contributed by atoms with van der Waals surface area (Å²) in [6.07, 6.45) is 1.48. The fraction of sp³-hybridized carbons (Fsp3) is 0.267. The first-order valence-corrected chi connectivity index (χ1v) is 9.23. The summed E-state index contributed by atoms with van der Waals surface area (Å²) in [5, 5.41) is 9.39. The first-order chi connectivity index (χ1) is 11.7. The molecule has 1 saturated heterocycles. The number of ether oxygens (including phenoxy) is 2. The molecule has 1 aromatic carbocycles. The lowest BCUT2D eigenvalue weighted by Gasteiger charge is -2.18. The van der Waals surface area contributed by atoms with Crippen molar-refractivity contribution in [2.24, 2.45) is 0 Å². The van der Waals surface area contributed by atoms with E-state index < -0.39 is 23.2 Å². The van der Waals surface area contributed by atoms with E-state index in [1.54, 1.807) is 0 Å². The number of methoxy groups -OCH3 is 2. The number of carbonyl (C=O) groups is 3. The van der Waals surface area contributed by atoms with Gasteiger partial charge in [-0.3, -0.25) is 14.5 Å². The van der Waals surface area contributed by atoms with Crippen molar-refractivity contribution in [1.29, 1.82) is 0 Å². The highest BCUT2D eigenvalue weighted by Gasteiger charge is 2.41. The van der Waals surface area contributed by atoms with Crippen LogP contribution in [0, 0.1) is 0 Å². The zero-order valence-corrected chi connectivity index (χ0v) is 17.3. The predicted molar refractivity (Wildman–Crippen MR) is 99.3 cm³/mol. The van der Waals surface area contributed by atoms with Crippen LogP contribution in [0.15, 0.2) is 19.9 Å². The third-order valence-corrected chi connectivity index (χ3v) is 6.48. The molecule has 0 aliphatic carbocycles. The number of carbonyl (C=O) groups excluding carboxylic acids is 3. The zero-order valence-electron chi connectivity index (χ0n) is 13.3. The molecule has 1 fully saturated rings. The molecule has 1 aliphatic heterocycles. The van der Waals surface area contributed by atoms with Crippen molar-refractivity contribution >= 4 is 66.8 Å². The van der Waals surface area contributed by atoms with Crippen molar-refractivity contribution in [3.63, 3.8) is 0 Å². The number of nitrogens with zero attached hydrogens (tertiary/aromatic N) is 1. The number of thioether (sulfide) groups is 1. The van der Waals surface area contributed by atoms with Gasteiger partial charge in [-0.1, -0.05) is 0 Å². The summed E-state index contributed by atoms with van der Waals surface area (Å²) < 4.78 is 10.5. The van der Waals surface area contributed by atoms with Gasteiger partial charge in [-0.2, -0.15) is 0 Å². The molecule has 1 N–H and O–H groups in total. The minimum absolute atomic E-state index is 0.0982. The number of esters is 1. The Morgan fingerprint density at radius 1 is 1.32 bits per heavy atom. The number of halogens is 2. The van der Waals surface area contributed by atoms with Gasteiger partial charge in [0.15, 0.2) is 11.5 Å². The molecule has 134 valence electrons. The van der Waals surface area contributed by atoms with Crippen LogP contribution in [0.2, 0.25) is 0 Å². The summed E-state index contributed by atoms with van der Waals surface area (Å²) in [4.78, 5) is 37.2. The summed E-state index contributed by atoms with van der Waals surface area (Å²) in [6, 6.07) is 0.495. The lowest BCUT2D eigenvalue weighted by molar-refractivity contribution is -0.148. The van der Waals surface area contributed by atoms with Crippen LogP contribution in [-0.4, -0.2) is 47.4 Å². The number of hydrogen-bond donors (Lipinski definition) is 1. The van der Waals surface area contributed by atoms with E-state index in [9.17, 15) is 19.5 Å². The van der Waals surface area contributed by atoms with E-state index in [1.807, 2.05) is 0 Å². The first kappa shape index (κ1) is 19.8. The Hall–Kier alpha value is -1.52. The molecule has 2 amide bonds. The summed E-state index contributed by atoms with van der Waals surface area (Å²) >= 11 is 7.26. The Bertz CT molecular complexity index is 795. The topological polar surface area (TPSA) is 93.1 Å². The second-order valence-electron chi connectivity index (χ2n) is 4.90. The SMILES string of the molecule is COC(=O)[C@H](C)N1C(=O)S/C(=C/c2cc(OC)c(O)c(Br)c2Br)C1=O. The molecule has 1 atom stereocenters. The molecule has 0 saturated carbocycles. The standard InChI is InChI=1S/C15H13Br2NO6S/c1-6(14(21)24-3)18-13(20)9(25-15(18)22)5-7-4-8(23-2)12(19)11(17)10(7)16/h4-6,19H,1-3H3/b9-5+/t6-/m0/s1. The Balaban J connectivity index is 2.44. The molecule has 0 spiro atoms. The number of aromatic hydroxyl groups is 1. The zero-order chi connectivity index (χ0) is 18.9. The van der Waals surface area contributed by atoms with Crippen molar-refractivity contribution < 1.29 is 29.0 Å². The molecule has 25 heavy (non-hydrogen) atoms. The van der Waals surface area contributed by atoms with Crippen LogP contribution in [0.3, 0.4) is 0 Å². The number of amides is 2. The second-order valence-corrected chi connectivity index (χ2v) is 7.47. The van der Waals surface area contributed by atoms with E-state index in [-0.39, 0.29) is 16.4 Å². The fourth-order valence-corrected chi connectivity index (χ4v) is 3.84. The third-order valence-electron chi connectivity index (χ3n) is 3.43. The molecule has 0 unspecified atom stereocenters. The van der Waals surface area contributed by atoms with Gasteiger partial charge in [0.1, 0.15) is 6.04 Å². The van der Waals surface area contributed by atoms with Gasteiger partial charge in [0, 0.05) is 4.47 Å². The minimum Gasteiger partial charge on any atom is -0.503 e. The van der Waals surface area contributed by atoms with Gasteiger partial charge in [-0.15, -0.1) is 0 Å². The first-order valence-electron chi connectivity index (χ1n) is 6.82. The lowest BCUT2D eigenvalue weighted by Crippen LogP contribution is -2.42. The molecule has 1 aromatic rings. The minimum atomic E-state index is -1.02. The van der Waals surface area contributed by atoms with Gasteiger partial charge < -0.3 is 14.6 Å². The highest BCUT2D eigenvalue weighted by Crippen LogP contribution is 2.43. The molecule has 10 heteroatoms. The van der Waals surface area contributed by atoms with Gasteiger partial charge in [0.25, 0.3) is 11.1 Å². The van der Waals surface area contributed by atoms with Crippen molar-refractivity contribution in [2.45, 2.75) is 13.0 Å². The van der Waals surface area contributed by atoms with E-state index >= 15 is 0 Å². The van der Waals surface area contributed by atoms with E-state index in [4.69, 9.17) is 4.74 Å². The Kier molecular flexibility index (Phi) is 6.17. The molecule has 0 bridgehead atoms. The number of rotatable bonds is 4. The van der Waals surface area contributed by atoms with Gasteiger partial charge in [0.2, 0.25) is 0 Å². The smallest absolute Gasteiger partial charge is 0.328 e. The maximum absolute atomic E-state index is 12.5. The number of phenolic OH excluding ortho intramolecular Hbond substituents is 1. The molecule has 0 aromatic heterocycles. The average Bonchev–Trinajstić information content (AvgIpc) is 2.87. The van der Waals surface area contributed by atoms with Crippen LogP contribution >= 0.6 is 43.6 Å². The van der Waals surface area contributed by atoms with Crippen molar-refractivity contribution in [3.8, 4) is 11.5 Å². The molecular formula is C15H13Br2NO6S. The highest BCUT2D eigenvalue weighted by atomic mass is 79.9. The summed E-state index contributed by atoms with van der Waals surface area (Å²) in [7, 11) is 2.58. The summed E-state index contributed by atoms with van der Waals surface area (Å²) in [5.41, 5.74) is 0.512. The monoisotopic (exact) mass is 493 g/mol. The molecule has 0 radical (unpaired) electrons. The number of hydrogen-bond acceptors (Lipinski definition) is 7. The van der Waals surface area contributed by atoms with Crippen LogP contribution in [0.4, 0.5) is 4.79 Å². The normalized spacial score (nSPS) is 17.2. The van der Waals surface area contributed by atoms with Crippen LogP contribution < -0.4 is 4.74 Å². The van der Waals surface area contributed by atoms with Gasteiger partial charge in [-0.05, 0) is 68.3 Å². The van der Waals surface area contributed by atoms with Crippen LogP contribution in [-0.2, 0) is 14.3 Å².